The molecule has 4 aliphatic rings. The molecule has 1 aromatic heterocycles. The van der Waals surface area contributed by atoms with Crippen LogP contribution in [0.3, 0.4) is 0 Å². The molecule has 1 saturated carbocycles. The van der Waals surface area contributed by atoms with Crippen molar-refractivity contribution in [3.05, 3.63) is 174 Å². The summed E-state index contributed by atoms with van der Waals surface area (Å²) in [4.78, 5) is 7.79. The highest BCUT2D eigenvalue weighted by molar-refractivity contribution is 7.01. The van der Waals surface area contributed by atoms with Crippen molar-refractivity contribution < 1.29 is 4.42 Å². The number of para-hydroxylation sites is 1. The van der Waals surface area contributed by atoms with Crippen LogP contribution < -0.4 is 31.1 Å². The summed E-state index contributed by atoms with van der Waals surface area (Å²) >= 11 is 0. The highest BCUT2D eigenvalue weighted by atomic mass is 16.4. The summed E-state index contributed by atoms with van der Waals surface area (Å²) < 4.78 is 7.18. The van der Waals surface area contributed by atoms with Gasteiger partial charge in [-0.2, -0.15) is 0 Å². The molecule has 0 N–H and O–H groups in total. The van der Waals surface area contributed by atoms with Gasteiger partial charge >= 0.3 is 0 Å². The lowest BCUT2D eigenvalue weighted by molar-refractivity contribution is 0.0818. The number of nitrogens with zero attached hydrogens (tertiary/aromatic N) is 3. The van der Waals surface area contributed by atoms with Crippen LogP contribution in [0.2, 0.25) is 0 Å². The first kappa shape index (κ1) is 42.9. The zero-order valence-electron chi connectivity index (χ0n) is 41.8. The standard InChI is InChI=1S/C63H64BN3O/c1-39-35-52-57-53(36-39)67(46-31-25-43(26-32-46)61(5,6)7)59-56(47-19-15-16-20-54(47)68-59)64(57)49-37-48-50(38-51(49)65(52)44-29-23-42(24-30-44)60(2,3)4)66(58-55(48)62(8,9)33-34-63(58,10)11)45-27-21-41(22-28-45)40-17-13-12-14-18-40/h12-32,35-38,55,58H,33-34H2,1-11H3. The maximum atomic E-state index is 7.18. The molecule has 2 unspecified atom stereocenters. The number of hydrogen-bond acceptors (Lipinski definition) is 4. The van der Waals surface area contributed by atoms with Gasteiger partial charge < -0.3 is 14.2 Å². The molecular weight excluding hydrogens is 826 g/mol. The molecule has 1 fully saturated rings. The Hall–Kier alpha value is -6.46. The summed E-state index contributed by atoms with van der Waals surface area (Å²) in [6, 6.07) is 58.0. The first-order valence-corrected chi connectivity index (χ1v) is 25.0. The van der Waals surface area contributed by atoms with Gasteiger partial charge in [0.2, 0.25) is 5.88 Å². The van der Waals surface area contributed by atoms with E-state index in [9.17, 15) is 0 Å². The number of fused-ring (bicyclic) bond motifs is 9. The van der Waals surface area contributed by atoms with Gasteiger partial charge in [0.05, 0.1) is 0 Å². The molecule has 0 amide bonds. The Bertz CT molecular complexity index is 3280. The molecule has 0 spiro atoms. The molecule has 0 saturated heterocycles. The minimum Gasteiger partial charge on any atom is -0.440 e. The van der Waals surface area contributed by atoms with Gasteiger partial charge in [-0.25, -0.2) is 0 Å². The minimum atomic E-state index is -0.0629. The molecule has 68 heavy (non-hydrogen) atoms. The summed E-state index contributed by atoms with van der Waals surface area (Å²) in [5.74, 6) is 1.23. The Balaban J connectivity index is 1.15. The first-order chi connectivity index (χ1) is 32.4. The quantitative estimate of drug-likeness (QED) is 0.164. The fourth-order valence-electron chi connectivity index (χ4n) is 12.7. The zero-order chi connectivity index (χ0) is 47.2. The summed E-state index contributed by atoms with van der Waals surface area (Å²) in [5, 5.41) is 1.17. The Morgan fingerprint density at radius 3 is 1.71 bits per heavy atom. The van der Waals surface area contributed by atoms with Crippen LogP contribution in [0.5, 0.6) is 0 Å². The van der Waals surface area contributed by atoms with E-state index in [0.29, 0.717) is 5.92 Å². The van der Waals surface area contributed by atoms with Crippen LogP contribution >= 0.6 is 0 Å². The van der Waals surface area contributed by atoms with Gasteiger partial charge in [0.25, 0.3) is 6.71 Å². The number of hydrogen-bond donors (Lipinski definition) is 0. The van der Waals surface area contributed by atoms with Crippen LogP contribution in [0.25, 0.3) is 22.1 Å². The molecule has 4 nitrogen and oxygen atoms in total. The van der Waals surface area contributed by atoms with E-state index in [0.717, 1.165) is 17.2 Å². The summed E-state index contributed by atoms with van der Waals surface area (Å²) in [5.41, 5.74) is 21.4. The van der Waals surface area contributed by atoms with Gasteiger partial charge in [-0.15, -0.1) is 0 Å². The average Bonchev–Trinajstić information content (AvgIpc) is 3.87. The van der Waals surface area contributed by atoms with Crippen molar-refractivity contribution in [3.8, 4) is 11.1 Å². The van der Waals surface area contributed by atoms with E-state index in [4.69, 9.17) is 4.42 Å². The maximum Gasteiger partial charge on any atom is 0.257 e. The van der Waals surface area contributed by atoms with E-state index < -0.39 is 0 Å². The number of aryl methyl sites for hydroxylation is 1. The molecule has 5 heteroatoms. The van der Waals surface area contributed by atoms with E-state index in [1.807, 2.05) is 0 Å². The molecule has 0 radical (unpaired) electrons. The highest BCUT2D eigenvalue weighted by Crippen LogP contribution is 2.63. The van der Waals surface area contributed by atoms with Crippen molar-refractivity contribution in [2.24, 2.45) is 10.8 Å². The summed E-state index contributed by atoms with van der Waals surface area (Å²) in [6.07, 6.45) is 2.35. The smallest absolute Gasteiger partial charge is 0.257 e. The third-order valence-corrected chi connectivity index (χ3v) is 16.4. The van der Waals surface area contributed by atoms with Gasteiger partial charge in [-0.3, -0.25) is 4.90 Å². The monoisotopic (exact) mass is 890 g/mol. The van der Waals surface area contributed by atoms with Crippen molar-refractivity contribution in [2.75, 3.05) is 14.7 Å². The highest BCUT2D eigenvalue weighted by Gasteiger charge is 2.57. The zero-order valence-corrected chi connectivity index (χ0v) is 41.8. The van der Waals surface area contributed by atoms with Gasteiger partial charge in [-0.05, 0) is 146 Å². The lowest BCUT2D eigenvalue weighted by Crippen LogP contribution is -2.61. The average molecular weight is 890 g/mol. The lowest BCUT2D eigenvalue weighted by atomic mass is 9.33. The van der Waals surface area contributed by atoms with Crippen LogP contribution in [0.15, 0.2) is 156 Å². The topological polar surface area (TPSA) is 22.9 Å². The third kappa shape index (κ3) is 6.47. The van der Waals surface area contributed by atoms with Crippen LogP contribution in [-0.2, 0) is 10.8 Å². The largest absolute Gasteiger partial charge is 0.440 e. The predicted octanol–water partition coefficient (Wildman–Crippen LogP) is 15.5. The second kappa shape index (κ2) is 14.8. The van der Waals surface area contributed by atoms with Crippen LogP contribution in [0, 0.1) is 17.8 Å². The molecular formula is C63H64BN3O. The van der Waals surface area contributed by atoms with E-state index >= 15 is 0 Å². The van der Waals surface area contributed by atoms with Crippen LogP contribution in [-0.4, -0.2) is 12.8 Å². The lowest BCUT2D eigenvalue weighted by Gasteiger charge is -2.52. The van der Waals surface area contributed by atoms with Gasteiger partial charge in [-0.1, -0.05) is 160 Å². The second-order valence-electron chi connectivity index (χ2n) is 23.9. The van der Waals surface area contributed by atoms with Gasteiger partial charge in [0.15, 0.2) is 0 Å². The molecule has 4 heterocycles. The molecule has 12 rings (SSSR count). The van der Waals surface area contributed by atoms with Crippen molar-refractivity contribution in [2.45, 2.75) is 112 Å². The Labute approximate surface area is 404 Å². The van der Waals surface area contributed by atoms with Crippen molar-refractivity contribution in [3.63, 3.8) is 0 Å². The van der Waals surface area contributed by atoms with Crippen LogP contribution in [0.4, 0.5) is 45.7 Å². The first-order valence-electron chi connectivity index (χ1n) is 25.0. The Morgan fingerprint density at radius 1 is 0.529 bits per heavy atom. The fourth-order valence-corrected chi connectivity index (χ4v) is 12.7. The second-order valence-corrected chi connectivity index (χ2v) is 23.9. The molecule has 340 valence electrons. The number of anilines is 8. The molecule has 2 atom stereocenters. The van der Waals surface area contributed by atoms with Gasteiger partial charge in [0, 0.05) is 62.6 Å². The third-order valence-electron chi connectivity index (χ3n) is 16.4. The van der Waals surface area contributed by atoms with E-state index in [1.165, 1.54) is 102 Å². The van der Waals surface area contributed by atoms with Crippen LogP contribution in [0.1, 0.15) is 110 Å². The van der Waals surface area contributed by atoms with Crippen molar-refractivity contribution >= 4 is 79.8 Å². The van der Waals surface area contributed by atoms with E-state index in [2.05, 4.69) is 243 Å². The normalized spacial score (nSPS) is 18.8. The predicted molar refractivity (Wildman–Crippen MR) is 290 cm³/mol. The number of furan rings is 1. The molecule has 0 bridgehead atoms. The SMILES string of the molecule is Cc1cc2c3c(c1)N(c1ccc(C(C)(C)C)cc1)c1oc4ccccc4c1B3c1cc3c(cc1N2c1ccc(C(C)(C)C)cc1)N(c1ccc(-c2ccccc2)cc1)C1C3C(C)(C)CCC1(C)C. The fraction of sp³-hybridized carbons (Fsp3) is 0.302. The van der Waals surface area contributed by atoms with Crippen molar-refractivity contribution in [1.29, 1.82) is 0 Å². The minimum absolute atomic E-state index is 0.0288. The van der Waals surface area contributed by atoms with Crippen molar-refractivity contribution in [1.82, 2.24) is 0 Å². The van der Waals surface area contributed by atoms with E-state index in [1.54, 1.807) is 0 Å². The molecule has 1 aliphatic carbocycles. The van der Waals surface area contributed by atoms with E-state index in [-0.39, 0.29) is 34.4 Å². The Morgan fingerprint density at radius 2 is 1.07 bits per heavy atom. The number of benzene rings is 7. The summed E-state index contributed by atoms with van der Waals surface area (Å²) in [6.45, 7) is 26.1. The molecule has 7 aromatic carbocycles. The maximum absolute atomic E-state index is 7.18. The molecule has 8 aromatic rings. The van der Waals surface area contributed by atoms with Gasteiger partial charge in [0.1, 0.15) is 5.58 Å². The molecule has 3 aliphatic heterocycles. The summed E-state index contributed by atoms with van der Waals surface area (Å²) in [7, 11) is 0. The number of rotatable bonds is 4. The Kier molecular flexibility index (Phi) is 9.31.